The van der Waals surface area contributed by atoms with Crippen molar-refractivity contribution in [1.82, 2.24) is 4.90 Å². The lowest BCUT2D eigenvalue weighted by Gasteiger charge is -2.33. The standard InChI is InChI=1S/C32H32F3N5O11/c33-32(34,35)29(48)50-27(46)8-7-24(41)40-11-9-17(10-12-40)21-6-5-20(49-28(47)18-1-3-19(4-2-18)38-30(36)37)13-22(21)23-14-31(51-39-23,15-25(42)43)16-26(44)45/h1-6,13,17H,7-12,14-16H2,(H,42,43)(H,44,45)(H4,36,37,38). The number of likely N-dealkylation sites (tertiary alicyclic amines) is 1. The summed E-state index contributed by atoms with van der Waals surface area (Å²) in [6, 6.07) is 10.6. The van der Waals surface area contributed by atoms with Crippen LogP contribution in [-0.4, -0.2) is 87.4 Å². The molecule has 4 rings (SSSR count). The van der Waals surface area contributed by atoms with E-state index >= 15 is 0 Å². The Morgan fingerprint density at radius 3 is 2.20 bits per heavy atom. The third-order valence-electron chi connectivity index (χ3n) is 8.00. The van der Waals surface area contributed by atoms with Gasteiger partial charge in [-0.2, -0.15) is 13.2 Å². The number of carbonyl (C=O) groups is 6. The number of guanidine groups is 1. The van der Waals surface area contributed by atoms with E-state index in [2.05, 4.69) is 15.2 Å². The summed E-state index contributed by atoms with van der Waals surface area (Å²) in [7, 11) is 0. The number of hydrogen-bond acceptors (Lipinski definition) is 11. The number of piperidine rings is 1. The molecule has 0 radical (unpaired) electrons. The molecule has 0 spiro atoms. The molecule has 6 N–H and O–H groups in total. The number of nitrogens with one attached hydrogen (secondary N) is 2. The number of hydrogen-bond donors (Lipinski definition) is 5. The molecule has 2 aliphatic rings. The van der Waals surface area contributed by atoms with Gasteiger partial charge in [-0.15, -0.1) is 0 Å². The summed E-state index contributed by atoms with van der Waals surface area (Å²) < 4.78 is 46.3. The zero-order valence-corrected chi connectivity index (χ0v) is 26.7. The number of anilines is 1. The lowest BCUT2D eigenvalue weighted by atomic mass is 9.82. The summed E-state index contributed by atoms with van der Waals surface area (Å²) in [4.78, 5) is 78.3. The van der Waals surface area contributed by atoms with Crippen molar-refractivity contribution in [2.24, 2.45) is 10.9 Å². The molecule has 2 heterocycles. The molecule has 2 aromatic rings. The van der Waals surface area contributed by atoms with E-state index in [0.29, 0.717) is 29.7 Å². The second-order valence-electron chi connectivity index (χ2n) is 11.8. The van der Waals surface area contributed by atoms with Gasteiger partial charge in [0.1, 0.15) is 5.75 Å². The molecule has 2 aromatic carbocycles. The number of aliphatic carboxylic acids is 2. The molecule has 2 aliphatic heterocycles. The van der Waals surface area contributed by atoms with Crippen LogP contribution < -0.4 is 15.8 Å². The van der Waals surface area contributed by atoms with Crippen LogP contribution in [0, 0.1) is 5.41 Å². The number of nitrogens with two attached hydrogens (primary N) is 1. The van der Waals surface area contributed by atoms with E-state index in [0.717, 1.165) is 0 Å². The fraction of sp³-hybridized carbons (Fsp3) is 0.375. The molecule has 1 saturated heterocycles. The Hall–Kier alpha value is -6.01. The molecular formula is C32H32F3N5O11. The zero-order valence-electron chi connectivity index (χ0n) is 26.7. The average molecular weight is 720 g/mol. The van der Waals surface area contributed by atoms with Crippen LogP contribution >= 0.6 is 0 Å². The van der Waals surface area contributed by atoms with E-state index in [1.54, 1.807) is 6.07 Å². The van der Waals surface area contributed by atoms with Gasteiger partial charge in [-0.05, 0) is 60.7 Å². The Morgan fingerprint density at radius 1 is 1.00 bits per heavy atom. The highest BCUT2D eigenvalue weighted by Gasteiger charge is 2.45. The first kappa shape index (κ1) is 37.8. The van der Waals surface area contributed by atoms with Crippen LogP contribution in [0.1, 0.15) is 72.3 Å². The number of carboxylic acids is 2. The molecule has 16 nitrogen and oxygen atoms in total. The Labute approximate surface area is 286 Å². The molecule has 0 aromatic heterocycles. The number of ether oxygens (including phenoxy) is 2. The maximum absolute atomic E-state index is 13.0. The number of alkyl halides is 3. The fourth-order valence-corrected chi connectivity index (χ4v) is 5.70. The topological polar surface area (TPSA) is 248 Å². The minimum atomic E-state index is -5.35. The normalized spacial score (nSPS) is 15.6. The molecule has 1 fully saturated rings. The van der Waals surface area contributed by atoms with Gasteiger partial charge < -0.3 is 40.5 Å². The number of oxime groups is 1. The number of carbonyl (C=O) groups excluding carboxylic acids is 4. The number of rotatable bonds is 12. The Morgan fingerprint density at radius 2 is 1.63 bits per heavy atom. The number of benzene rings is 2. The van der Waals surface area contributed by atoms with Crippen molar-refractivity contribution in [1.29, 1.82) is 5.41 Å². The summed E-state index contributed by atoms with van der Waals surface area (Å²) in [6.45, 7) is 0.352. The van der Waals surface area contributed by atoms with Gasteiger partial charge >= 0.3 is 36.0 Å². The minimum absolute atomic E-state index is 0.0739. The molecule has 19 heteroatoms. The van der Waals surface area contributed by atoms with Crippen LogP contribution in [-0.2, 0) is 33.5 Å². The molecule has 0 bridgehead atoms. The fourth-order valence-electron chi connectivity index (χ4n) is 5.70. The van der Waals surface area contributed by atoms with Crippen molar-refractivity contribution in [3.63, 3.8) is 0 Å². The summed E-state index contributed by atoms with van der Waals surface area (Å²) >= 11 is 0. The molecule has 0 unspecified atom stereocenters. The maximum atomic E-state index is 13.0. The number of halogens is 3. The van der Waals surface area contributed by atoms with E-state index in [1.807, 2.05) is 0 Å². The van der Waals surface area contributed by atoms with Gasteiger partial charge in [0.25, 0.3) is 0 Å². The summed E-state index contributed by atoms with van der Waals surface area (Å²) in [5.41, 5.74) is 5.50. The summed E-state index contributed by atoms with van der Waals surface area (Å²) in [6.07, 6.45) is -7.39. The van der Waals surface area contributed by atoms with Crippen LogP contribution in [0.4, 0.5) is 18.9 Å². The van der Waals surface area contributed by atoms with Gasteiger partial charge in [-0.3, -0.25) is 24.6 Å². The first-order valence-electron chi connectivity index (χ1n) is 15.3. The molecule has 0 atom stereocenters. The highest BCUT2D eigenvalue weighted by Crippen LogP contribution is 2.39. The lowest BCUT2D eigenvalue weighted by molar-refractivity contribution is -0.202. The van der Waals surface area contributed by atoms with Crippen molar-refractivity contribution in [2.45, 2.75) is 62.6 Å². The van der Waals surface area contributed by atoms with Crippen molar-refractivity contribution < 1.29 is 66.5 Å². The Bertz CT molecular complexity index is 1740. The largest absolute Gasteiger partial charge is 0.491 e. The quantitative estimate of drug-likeness (QED) is 0.0696. The second kappa shape index (κ2) is 15.7. The van der Waals surface area contributed by atoms with Gasteiger partial charge in [0, 0.05) is 37.2 Å². The van der Waals surface area contributed by atoms with Crippen molar-refractivity contribution >= 4 is 53.1 Å². The maximum Gasteiger partial charge on any atom is 0.491 e. The highest BCUT2D eigenvalue weighted by atomic mass is 19.4. The molecule has 272 valence electrons. The van der Waals surface area contributed by atoms with E-state index in [-0.39, 0.29) is 48.4 Å². The third kappa shape index (κ3) is 10.2. The van der Waals surface area contributed by atoms with Crippen molar-refractivity contribution in [3.05, 3.63) is 59.2 Å². The first-order valence-corrected chi connectivity index (χ1v) is 15.3. The third-order valence-corrected chi connectivity index (χ3v) is 8.00. The average Bonchev–Trinajstić information content (AvgIpc) is 3.45. The second-order valence-corrected chi connectivity index (χ2v) is 11.8. The van der Waals surface area contributed by atoms with Crippen LogP contribution in [0.15, 0.2) is 47.6 Å². The zero-order chi connectivity index (χ0) is 37.5. The number of amides is 1. The first-order chi connectivity index (χ1) is 23.9. The summed E-state index contributed by atoms with van der Waals surface area (Å²) in [5.74, 6) is -8.53. The summed E-state index contributed by atoms with van der Waals surface area (Å²) in [5, 5.41) is 32.9. The van der Waals surface area contributed by atoms with Crippen LogP contribution in [0.5, 0.6) is 5.75 Å². The van der Waals surface area contributed by atoms with Gasteiger partial charge in [-0.1, -0.05) is 11.2 Å². The Kier molecular flexibility index (Phi) is 11.6. The molecule has 1 amide bonds. The molecule has 0 aliphatic carbocycles. The SMILES string of the molecule is N=C(N)Nc1ccc(C(=O)Oc2ccc(C3CCN(C(=O)CCC(=O)OC(=O)C(F)(F)F)CC3)c(C3=NOC(CC(=O)O)(CC(=O)O)C3)c2)cc1. The van der Waals surface area contributed by atoms with E-state index in [4.69, 9.17) is 20.7 Å². The van der Waals surface area contributed by atoms with Gasteiger partial charge in [-0.25, -0.2) is 9.59 Å². The van der Waals surface area contributed by atoms with Gasteiger partial charge in [0.15, 0.2) is 11.6 Å². The van der Waals surface area contributed by atoms with Crippen LogP contribution in [0.25, 0.3) is 0 Å². The van der Waals surface area contributed by atoms with Crippen molar-refractivity contribution in [3.8, 4) is 5.75 Å². The van der Waals surface area contributed by atoms with E-state index < -0.39 is 73.2 Å². The molecular weight excluding hydrogens is 687 g/mol. The smallest absolute Gasteiger partial charge is 0.481 e. The van der Waals surface area contributed by atoms with E-state index in [1.165, 1.54) is 41.3 Å². The van der Waals surface area contributed by atoms with Crippen LogP contribution in [0.2, 0.25) is 0 Å². The van der Waals surface area contributed by atoms with Gasteiger partial charge in [0.05, 0.1) is 30.5 Å². The highest BCUT2D eigenvalue weighted by molar-refractivity contribution is 6.04. The number of carboxylic acid groups (broad SMARTS) is 2. The number of esters is 3. The van der Waals surface area contributed by atoms with Crippen LogP contribution in [0.3, 0.4) is 0 Å². The lowest BCUT2D eigenvalue weighted by Crippen LogP contribution is -2.38. The van der Waals surface area contributed by atoms with Gasteiger partial charge in [0.2, 0.25) is 5.91 Å². The predicted molar refractivity (Wildman–Crippen MR) is 168 cm³/mol. The molecule has 51 heavy (non-hydrogen) atoms. The Balaban J connectivity index is 1.51. The van der Waals surface area contributed by atoms with E-state index in [9.17, 15) is 52.2 Å². The molecule has 0 saturated carbocycles. The number of nitrogens with zero attached hydrogens (tertiary/aromatic N) is 2. The predicted octanol–water partition coefficient (Wildman–Crippen LogP) is 3.14. The minimum Gasteiger partial charge on any atom is -0.481 e. The monoisotopic (exact) mass is 719 g/mol. The van der Waals surface area contributed by atoms with Crippen molar-refractivity contribution in [2.75, 3.05) is 18.4 Å².